The van der Waals surface area contributed by atoms with Gasteiger partial charge in [-0.3, -0.25) is 4.79 Å². The van der Waals surface area contributed by atoms with E-state index in [2.05, 4.69) is 21.2 Å². The largest absolute Gasteiger partial charge is 0.478 e. The highest BCUT2D eigenvalue weighted by Crippen LogP contribution is 2.22. The van der Waals surface area contributed by atoms with E-state index in [1.807, 2.05) is 0 Å². The zero-order valence-corrected chi connectivity index (χ0v) is 12.6. The quantitative estimate of drug-likeness (QED) is 0.882. The first-order valence-electron chi connectivity index (χ1n) is 5.99. The summed E-state index contributed by atoms with van der Waals surface area (Å²) in [6, 6.07) is 8.87. The summed E-state index contributed by atoms with van der Waals surface area (Å²) < 4.78 is 14.3. The number of benzene rings is 2. The summed E-state index contributed by atoms with van der Waals surface area (Å²) in [5, 5.41) is 11.5. The fourth-order valence-corrected chi connectivity index (χ4v) is 2.24. The predicted molar refractivity (Wildman–Crippen MR) is 80.2 cm³/mol. The van der Waals surface area contributed by atoms with Crippen molar-refractivity contribution in [3.05, 3.63) is 63.4 Å². The van der Waals surface area contributed by atoms with Crippen LogP contribution < -0.4 is 5.32 Å². The number of carbonyl (C=O) groups is 2. The summed E-state index contributed by atoms with van der Waals surface area (Å²) in [4.78, 5) is 23.3. The number of aromatic carboxylic acids is 1. The number of hydrogen-bond acceptors (Lipinski definition) is 2. The lowest BCUT2D eigenvalue weighted by Gasteiger charge is -2.11. The fraction of sp³-hybridized carbons (Fsp3) is 0.0667. The lowest BCUT2D eigenvalue weighted by Crippen LogP contribution is -2.16. The third kappa shape index (κ3) is 3.28. The number of nitrogens with one attached hydrogen (secondary N) is 1. The highest BCUT2D eigenvalue weighted by atomic mass is 79.9. The molecule has 1 amide bonds. The van der Waals surface area contributed by atoms with Crippen LogP contribution in [0.15, 0.2) is 40.9 Å². The number of carboxylic acid groups (broad SMARTS) is 1. The normalized spacial score (nSPS) is 10.2. The highest BCUT2D eigenvalue weighted by molar-refractivity contribution is 9.10. The Hall–Kier alpha value is -2.21. The zero-order valence-electron chi connectivity index (χ0n) is 11.0. The Kier molecular flexibility index (Phi) is 4.37. The monoisotopic (exact) mass is 351 g/mol. The number of hydrogen-bond donors (Lipinski definition) is 2. The summed E-state index contributed by atoms with van der Waals surface area (Å²) in [5.41, 5.74) is 0.472. The molecular formula is C15H11BrFNO3. The average molecular weight is 352 g/mol. The maximum Gasteiger partial charge on any atom is 0.340 e. The zero-order chi connectivity index (χ0) is 15.6. The molecule has 2 rings (SSSR count). The topological polar surface area (TPSA) is 66.4 Å². The molecule has 0 radical (unpaired) electrons. The number of aryl methyl sites for hydroxylation is 1. The van der Waals surface area contributed by atoms with E-state index in [1.165, 1.54) is 12.1 Å². The number of anilines is 1. The molecule has 0 heterocycles. The fourth-order valence-electron chi connectivity index (χ4n) is 1.87. The molecule has 2 aromatic carbocycles. The van der Waals surface area contributed by atoms with Crippen molar-refractivity contribution in [3.8, 4) is 0 Å². The second-order valence-corrected chi connectivity index (χ2v) is 5.30. The smallest absolute Gasteiger partial charge is 0.340 e. The van der Waals surface area contributed by atoms with E-state index in [1.54, 1.807) is 25.1 Å². The van der Waals surface area contributed by atoms with Crippen LogP contribution in [-0.2, 0) is 0 Å². The second kappa shape index (κ2) is 6.05. The molecule has 0 bridgehead atoms. The van der Waals surface area contributed by atoms with Crippen LogP contribution in [0.25, 0.3) is 0 Å². The first kappa shape index (κ1) is 15.2. The van der Waals surface area contributed by atoms with Crippen LogP contribution in [0.2, 0.25) is 0 Å². The Labute approximate surface area is 128 Å². The minimum Gasteiger partial charge on any atom is -0.478 e. The summed E-state index contributed by atoms with van der Waals surface area (Å²) in [6.45, 7) is 1.75. The molecule has 0 unspecified atom stereocenters. The predicted octanol–water partition coefficient (Wildman–Crippen LogP) is 3.85. The van der Waals surface area contributed by atoms with E-state index < -0.39 is 23.3 Å². The van der Waals surface area contributed by atoms with E-state index in [4.69, 9.17) is 5.11 Å². The van der Waals surface area contributed by atoms with Crippen molar-refractivity contribution in [1.29, 1.82) is 0 Å². The van der Waals surface area contributed by atoms with E-state index in [-0.39, 0.29) is 5.69 Å². The van der Waals surface area contributed by atoms with Crippen LogP contribution in [0, 0.1) is 12.7 Å². The summed E-state index contributed by atoms with van der Waals surface area (Å²) in [7, 11) is 0. The maximum absolute atomic E-state index is 13.6. The van der Waals surface area contributed by atoms with Crippen LogP contribution >= 0.6 is 15.9 Å². The van der Waals surface area contributed by atoms with Gasteiger partial charge in [0.05, 0.1) is 5.69 Å². The molecule has 21 heavy (non-hydrogen) atoms. The van der Waals surface area contributed by atoms with Crippen LogP contribution in [0.4, 0.5) is 10.1 Å². The number of carbonyl (C=O) groups excluding carboxylic acids is 1. The Morgan fingerprint density at radius 1 is 1.24 bits per heavy atom. The molecule has 0 aliphatic carbocycles. The third-order valence-corrected chi connectivity index (χ3v) is 3.41. The van der Waals surface area contributed by atoms with Gasteiger partial charge in [-0.05, 0) is 36.8 Å². The maximum atomic E-state index is 13.6. The number of carboxylic acids is 1. The Morgan fingerprint density at radius 3 is 2.62 bits per heavy atom. The van der Waals surface area contributed by atoms with Gasteiger partial charge in [0.15, 0.2) is 0 Å². The van der Waals surface area contributed by atoms with Crippen LogP contribution in [-0.4, -0.2) is 17.0 Å². The molecule has 0 fully saturated rings. The first-order valence-corrected chi connectivity index (χ1v) is 6.78. The lowest BCUT2D eigenvalue weighted by molar-refractivity contribution is 0.0693. The van der Waals surface area contributed by atoms with Crippen molar-refractivity contribution in [2.24, 2.45) is 0 Å². The molecule has 2 aromatic rings. The van der Waals surface area contributed by atoms with Gasteiger partial charge in [0.25, 0.3) is 5.91 Å². The molecule has 2 N–H and O–H groups in total. The molecule has 4 nitrogen and oxygen atoms in total. The molecule has 0 atom stereocenters. The molecular weight excluding hydrogens is 341 g/mol. The van der Waals surface area contributed by atoms with Gasteiger partial charge < -0.3 is 10.4 Å². The Bertz CT molecular complexity index is 731. The second-order valence-electron chi connectivity index (χ2n) is 4.38. The van der Waals surface area contributed by atoms with E-state index in [0.29, 0.717) is 5.56 Å². The molecule has 0 spiro atoms. The molecule has 0 saturated carbocycles. The third-order valence-electron chi connectivity index (χ3n) is 2.92. The molecule has 108 valence electrons. The molecule has 0 aliphatic heterocycles. The Balaban J connectivity index is 2.39. The average Bonchev–Trinajstić information content (AvgIpc) is 2.41. The van der Waals surface area contributed by atoms with Gasteiger partial charge in [-0.15, -0.1) is 0 Å². The van der Waals surface area contributed by atoms with E-state index in [9.17, 15) is 14.0 Å². The van der Waals surface area contributed by atoms with Gasteiger partial charge >= 0.3 is 5.97 Å². The molecule has 0 aliphatic rings. The number of amides is 1. The summed E-state index contributed by atoms with van der Waals surface area (Å²) >= 11 is 3.27. The van der Waals surface area contributed by atoms with Gasteiger partial charge in [0, 0.05) is 10.0 Å². The van der Waals surface area contributed by atoms with Gasteiger partial charge in [0.1, 0.15) is 11.4 Å². The minimum atomic E-state index is -1.44. The van der Waals surface area contributed by atoms with E-state index >= 15 is 0 Å². The lowest BCUT2D eigenvalue weighted by atomic mass is 10.1. The standard InChI is InChI=1S/C15H11BrFNO3/c1-8-5-6-9(16)7-10(8)14(19)18-12-4-2-3-11(17)13(12)15(20)21/h2-7H,1H3,(H,18,19)(H,20,21). The first-order chi connectivity index (χ1) is 9.90. The Morgan fingerprint density at radius 2 is 1.95 bits per heavy atom. The minimum absolute atomic E-state index is 0.0770. The van der Waals surface area contributed by atoms with Crippen molar-refractivity contribution in [2.75, 3.05) is 5.32 Å². The summed E-state index contributed by atoms with van der Waals surface area (Å²) in [6.07, 6.45) is 0. The van der Waals surface area contributed by atoms with Crippen molar-refractivity contribution in [3.63, 3.8) is 0 Å². The van der Waals surface area contributed by atoms with Crippen molar-refractivity contribution in [2.45, 2.75) is 6.92 Å². The highest BCUT2D eigenvalue weighted by Gasteiger charge is 2.18. The van der Waals surface area contributed by atoms with Crippen LogP contribution in [0.5, 0.6) is 0 Å². The van der Waals surface area contributed by atoms with Gasteiger partial charge in [-0.2, -0.15) is 0 Å². The molecule has 0 saturated heterocycles. The summed E-state index contributed by atoms with van der Waals surface area (Å²) in [5.74, 6) is -2.83. The van der Waals surface area contributed by atoms with Gasteiger partial charge in [0.2, 0.25) is 0 Å². The molecule has 0 aromatic heterocycles. The van der Waals surface area contributed by atoms with Crippen molar-refractivity contribution >= 4 is 33.5 Å². The number of halogens is 2. The number of rotatable bonds is 3. The van der Waals surface area contributed by atoms with Gasteiger partial charge in [-0.25, -0.2) is 9.18 Å². The molecule has 6 heteroatoms. The van der Waals surface area contributed by atoms with Crippen molar-refractivity contribution in [1.82, 2.24) is 0 Å². The van der Waals surface area contributed by atoms with Crippen LogP contribution in [0.3, 0.4) is 0 Å². The van der Waals surface area contributed by atoms with Gasteiger partial charge in [-0.1, -0.05) is 28.1 Å². The van der Waals surface area contributed by atoms with Crippen molar-refractivity contribution < 1.29 is 19.1 Å². The SMILES string of the molecule is Cc1ccc(Br)cc1C(=O)Nc1cccc(F)c1C(=O)O. The van der Waals surface area contributed by atoms with E-state index in [0.717, 1.165) is 16.1 Å². The van der Waals surface area contributed by atoms with Crippen LogP contribution in [0.1, 0.15) is 26.3 Å².